The Kier molecular flexibility index (Phi) is 6.21. The van der Waals surface area contributed by atoms with Crippen LogP contribution in [0.4, 0.5) is 11.4 Å². The Morgan fingerprint density at radius 3 is 2.55 bits per heavy atom. The van der Waals surface area contributed by atoms with Gasteiger partial charge in [0, 0.05) is 29.4 Å². The Hall–Kier alpha value is -2.49. The van der Waals surface area contributed by atoms with Crippen LogP contribution in [-0.4, -0.2) is 36.1 Å². The van der Waals surface area contributed by atoms with Crippen molar-refractivity contribution < 1.29 is 18.1 Å². The van der Waals surface area contributed by atoms with Crippen LogP contribution >= 0.6 is 11.6 Å². The first kappa shape index (κ1) is 21.2. The lowest BCUT2D eigenvalue weighted by Crippen LogP contribution is -2.49. The zero-order chi connectivity index (χ0) is 21.2. The number of carbonyl (C=O) groups is 1. The van der Waals surface area contributed by atoms with Crippen LogP contribution in [-0.2, 0) is 14.8 Å². The Labute approximate surface area is 173 Å². The number of nitrogens with one attached hydrogen (secondary N) is 1. The van der Waals surface area contributed by atoms with Crippen molar-refractivity contribution in [3.63, 3.8) is 0 Å². The first-order valence-corrected chi connectivity index (χ1v) is 10.9. The van der Waals surface area contributed by atoms with Gasteiger partial charge in [0.2, 0.25) is 15.9 Å². The summed E-state index contributed by atoms with van der Waals surface area (Å²) in [7, 11) is -3.99. The van der Waals surface area contributed by atoms with Gasteiger partial charge in [-0.2, -0.15) is 4.31 Å². The van der Waals surface area contributed by atoms with Crippen molar-refractivity contribution in [3.8, 4) is 0 Å². The van der Waals surface area contributed by atoms with Crippen LogP contribution in [0.3, 0.4) is 0 Å². The van der Waals surface area contributed by atoms with Gasteiger partial charge in [-0.1, -0.05) is 24.1 Å². The number of hydrogen-bond acceptors (Lipinski definition) is 5. The molecule has 1 aliphatic rings. The molecule has 29 heavy (non-hydrogen) atoms. The minimum atomic E-state index is -3.99. The molecule has 0 radical (unpaired) electrons. The summed E-state index contributed by atoms with van der Waals surface area (Å²) in [5.41, 5.74) is 1.03. The molecule has 0 spiro atoms. The quantitative estimate of drug-likeness (QED) is 0.566. The number of piperidine rings is 1. The Morgan fingerprint density at radius 2 is 1.90 bits per heavy atom. The summed E-state index contributed by atoms with van der Waals surface area (Å²) in [4.78, 5) is 23.0. The van der Waals surface area contributed by atoms with Gasteiger partial charge in [-0.25, -0.2) is 8.42 Å². The molecular weight excluding hydrogens is 418 g/mol. The average molecular weight is 438 g/mol. The van der Waals surface area contributed by atoms with Crippen molar-refractivity contribution in [1.29, 1.82) is 0 Å². The highest BCUT2D eigenvalue weighted by Gasteiger charge is 2.38. The van der Waals surface area contributed by atoms with E-state index in [0.717, 1.165) is 18.6 Å². The smallest absolute Gasteiger partial charge is 0.269 e. The van der Waals surface area contributed by atoms with Crippen molar-refractivity contribution in [3.05, 3.63) is 63.2 Å². The maximum Gasteiger partial charge on any atom is 0.269 e. The summed E-state index contributed by atoms with van der Waals surface area (Å²) in [6.45, 7) is 1.97. The van der Waals surface area contributed by atoms with Crippen LogP contribution in [0.25, 0.3) is 0 Å². The van der Waals surface area contributed by atoms with Gasteiger partial charge >= 0.3 is 0 Å². The number of rotatable bonds is 5. The van der Waals surface area contributed by atoms with Gasteiger partial charge in [-0.05, 0) is 49.6 Å². The number of nitrogens with zero attached hydrogens (tertiary/aromatic N) is 2. The van der Waals surface area contributed by atoms with Gasteiger partial charge in [0.25, 0.3) is 5.69 Å². The van der Waals surface area contributed by atoms with E-state index in [1.165, 1.54) is 16.4 Å². The minimum absolute atomic E-state index is 0.0817. The zero-order valence-corrected chi connectivity index (χ0v) is 17.2. The summed E-state index contributed by atoms with van der Waals surface area (Å²) < 4.78 is 27.4. The molecule has 2 aromatic rings. The van der Waals surface area contributed by atoms with E-state index in [1.807, 2.05) is 0 Å². The van der Waals surface area contributed by atoms with Crippen molar-refractivity contribution in [2.24, 2.45) is 0 Å². The summed E-state index contributed by atoms with van der Waals surface area (Å²) in [5.74, 6) is -0.430. The molecule has 0 unspecified atom stereocenters. The number of benzene rings is 2. The van der Waals surface area contributed by atoms with E-state index in [9.17, 15) is 23.3 Å². The Morgan fingerprint density at radius 1 is 1.21 bits per heavy atom. The van der Waals surface area contributed by atoms with Gasteiger partial charge in [-0.15, -0.1) is 0 Å². The third-order valence-electron chi connectivity index (χ3n) is 4.94. The van der Waals surface area contributed by atoms with E-state index in [2.05, 4.69) is 5.32 Å². The lowest BCUT2D eigenvalue weighted by molar-refractivity contribution is -0.384. The summed E-state index contributed by atoms with van der Waals surface area (Å²) in [6, 6.07) is 8.91. The van der Waals surface area contributed by atoms with Crippen LogP contribution < -0.4 is 5.32 Å². The van der Waals surface area contributed by atoms with Gasteiger partial charge in [0.15, 0.2) is 0 Å². The van der Waals surface area contributed by atoms with Crippen LogP contribution in [0.15, 0.2) is 47.4 Å². The third kappa shape index (κ3) is 4.42. The fourth-order valence-corrected chi connectivity index (χ4v) is 5.12. The van der Waals surface area contributed by atoms with Gasteiger partial charge < -0.3 is 5.32 Å². The standard InChI is InChI=1S/C19H20ClN3O5S/c1-13-16(20)5-4-6-17(13)21-19(24)18-7-2-3-12-22(18)29(27,28)15-10-8-14(9-11-15)23(25)26/h4-6,8-11,18H,2-3,7,12H2,1H3,(H,21,24)/t18-/m1/s1. The number of anilines is 1. The number of carbonyl (C=O) groups excluding carboxylic acids is 1. The van der Waals surface area contributed by atoms with E-state index in [1.54, 1.807) is 25.1 Å². The normalized spacial score (nSPS) is 17.7. The van der Waals surface area contributed by atoms with E-state index in [4.69, 9.17) is 11.6 Å². The van der Waals surface area contributed by atoms with Gasteiger partial charge in [-0.3, -0.25) is 14.9 Å². The molecule has 1 saturated heterocycles. The molecule has 1 atom stereocenters. The predicted octanol–water partition coefficient (Wildman–Crippen LogP) is 3.74. The fraction of sp³-hybridized carbons (Fsp3) is 0.316. The highest BCUT2D eigenvalue weighted by Crippen LogP contribution is 2.29. The van der Waals surface area contributed by atoms with Crippen LogP contribution in [0.2, 0.25) is 5.02 Å². The number of amides is 1. The van der Waals surface area contributed by atoms with Crippen molar-refractivity contribution in [2.75, 3.05) is 11.9 Å². The number of non-ortho nitro benzene ring substituents is 1. The molecule has 1 fully saturated rings. The molecule has 154 valence electrons. The molecule has 0 aromatic heterocycles. The first-order valence-electron chi connectivity index (χ1n) is 9.04. The van der Waals surface area contributed by atoms with Crippen molar-refractivity contribution in [1.82, 2.24) is 4.31 Å². The molecule has 10 heteroatoms. The van der Waals surface area contributed by atoms with E-state index in [0.29, 0.717) is 29.1 Å². The largest absolute Gasteiger partial charge is 0.324 e. The van der Waals surface area contributed by atoms with Gasteiger partial charge in [0.1, 0.15) is 6.04 Å². The molecule has 1 amide bonds. The first-order chi connectivity index (χ1) is 13.7. The van der Waals surface area contributed by atoms with Crippen LogP contribution in [0, 0.1) is 17.0 Å². The molecule has 1 N–H and O–H groups in total. The monoisotopic (exact) mass is 437 g/mol. The topological polar surface area (TPSA) is 110 Å². The highest BCUT2D eigenvalue weighted by atomic mass is 35.5. The molecular formula is C19H20ClN3O5S. The number of nitro benzene ring substituents is 1. The summed E-state index contributed by atoms with van der Waals surface area (Å²) >= 11 is 6.09. The van der Waals surface area contributed by atoms with E-state index >= 15 is 0 Å². The maximum absolute atomic E-state index is 13.1. The second-order valence-electron chi connectivity index (χ2n) is 6.78. The zero-order valence-electron chi connectivity index (χ0n) is 15.7. The SMILES string of the molecule is Cc1c(Cl)cccc1NC(=O)[C@H]1CCCCN1S(=O)(=O)c1ccc([N+](=O)[O-])cc1. The molecule has 2 aromatic carbocycles. The molecule has 0 aliphatic carbocycles. The molecule has 0 saturated carbocycles. The third-order valence-corrected chi connectivity index (χ3v) is 7.27. The minimum Gasteiger partial charge on any atom is -0.324 e. The van der Waals surface area contributed by atoms with E-state index in [-0.39, 0.29) is 17.1 Å². The summed E-state index contributed by atoms with van der Waals surface area (Å²) in [5, 5.41) is 14.1. The maximum atomic E-state index is 13.1. The molecule has 1 aliphatic heterocycles. The lowest BCUT2D eigenvalue weighted by atomic mass is 10.0. The summed E-state index contributed by atoms with van der Waals surface area (Å²) in [6.07, 6.45) is 1.74. The molecule has 1 heterocycles. The fourth-order valence-electron chi connectivity index (χ4n) is 3.29. The second-order valence-corrected chi connectivity index (χ2v) is 9.08. The molecule has 0 bridgehead atoms. The Bertz CT molecular complexity index is 1040. The van der Waals surface area contributed by atoms with Crippen molar-refractivity contribution >= 4 is 38.9 Å². The van der Waals surface area contributed by atoms with Crippen LogP contribution in [0.5, 0.6) is 0 Å². The lowest BCUT2D eigenvalue weighted by Gasteiger charge is -2.33. The highest BCUT2D eigenvalue weighted by molar-refractivity contribution is 7.89. The predicted molar refractivity (Wildman–Crippen MR) is 109 cm³/mol. The molecule has 3 rings (SSSR count). The number of nitro groups is 1. The molecule has 8 nitrogen and oxygen atoms in total. The van der Waals surface area contributed by atoms with Crippen LogP contribution in [0.1, 0.15) is 24.8 Å². The average Bonchev–Trinajstić information content (AvgIpc) is 2.71. The van der Waals surface area contributed by atoms with E-state index < -0.39 is 26.9 Å². The number of hydrogen-bond donors (Lipinski definition) is 1. The Balaban J connectivity index is 1.87. The number of halogens is 1. The number of sulfonamides is 1. The van der Waals surface area contributed by atoms with Crippen molar-refractivity contribution in [2.45, 2.75) is 37.1 Å². The van der Waals surface area contributed by atoms with Gasteiger partial charge in [0.05, 0.1) is 9.82 Å². The second kappa shape index (κ2) is 8.48.